The second-order valence-electron chi connectivity index (χ2n) is 7.50. The van der Waals surface area contributed by atoms with Crippen molar-refractivity contribution >= 4 is 23.0 Å². The highest BCUT2D eigenvalue weighted by Gasteiger charge is 2.33. The summed E-state index contributed by atoms with van der Waals surface area (Å²) < 4.78 is 47.3. The minimum absolute atomic E-state index is 0.140. The molecule has 150 valence electrons. The molecule has 2 N–H and O–H groups in total. The first kappa shape index (κ1) is 20.6. The summed E-state index contributed by atoms with van der Waals surface area (Å²) in [7, 11) is 0. The van der Waals surface area contributed by atoms with E-state index in [0.717, 1.165) is 17.7 Å². The Hall–Kier alpha value is -2.16. The smallest absolute Gasteiger partial charge is 0.259 e. The van der Waals surface area contributed by atoms with E-state index in [4.69, 9.17) is 4.74 Å². The van der Waals surface area contributed by atoms with Gasteiger partial charge < -0.3 is 14.6 Å². The van der Waals surface area contributed by atoms with E-state index >= 15 is 0 Å². The predicted octanol–water partition coefficient (Wildman–Crippen LogP) is 4.09. The lowest BCUT2D eigenvalue weighted by Gasteiger charge is -2.31. The molecule has 0 aliphatic carbocycles. The van der Waals surface area contributed by atoms with Gasteiger partial charge in [-0.3, -0.25) is 4.79 Å². The van der Waals surface area contributed by atoms with Crippen molar-refractivity contribution in [3.05, 3.63) is 59.2 Å². The molecular weight excluding hydrogens is 386 g/mol. The zero-order chi connectivity index (χ0) is 20.5. The third-order valence-electron chi connectivity index (χ3n) is 4.30. The summed E-state index contributed by atoms with van der Waals surface area (Å²) in [4.78, 5) is 12.7. The van der Waals surface area contributed by atoms with Crippen LogP contribution in [0.4, 0.5) is 14.5 Å². The molecule has 2 aromatic rings. The second-order valence-corrected chi connectivity index (χ2v) is 9.49. The maximum Gasteiger partial charge on any atom is 0.259 e. The Morgan fingerprint density at radius 1 is 1.21 bits per heavy atom. The fraction of sp³-hybridized carbons (Fsp3) is 0.350. The van der Waals surface area contributed by atoms with Crippen molar-refractivity contribution in [1.29, 1.82) is 0 Å². The lowest BCUT2D eigenvalue weighted by atomic mass is 9.98. The molecule has 0 radical (unpaired) electrons. The molecule has 1 amide bonds. The lowest BCUT2D eigenvalue weighted by molar-refractivity contribution is 0.102. The minimum Gasteiger partial charge on any atom is -0.598 e. The fourth-order valence-electron chi connectivity index (χ4n) is 2.80. The summed E-state index contributed by atoms with van der Waals surface area (Å²) in [6, 6.07) is 8.05. The molecule has 28 heavy (non-hydrogen) atoms. The number of hydrogen-bond acceptors (Lipinski definition) is 4. The van der Waals surface area contributed by atoms with Crippen LogP contribution in [0.25, 0.3) is 0 Å². The number of nitrogens with one attached hydrogen (secondary N) is 2. The van der Waals surface area contributed by atoms with Gasteiger partial charge in [0.1, 0.15) is 10.5 Å². The highest BCUT2D eigenvalue weighted by molar-refractivity contribution is 7.90. The van der Waals surface area contributed by atoms with Crippen LogP contribution in [0.5, 0.6) is 5.75 Å². The van der Waals surface area contributed by atoms with E-state index in [0.29, 0.717) is 18.8 Å². The van der Waals surface area contributed by atoms with E-state index in [1.54, 1.807) is 12.1 Å². The molecule has 0 fully saturated rings. The molecule has 0 saturated carbocycles. The van der Waals surface area contributed by atoms with Crippen molar-refractivity contribution in [1.82, 2.24) is 4.72 Å². The summed E-state index contributed by atoms with van der Waals surface area (Å²) in [6.07, 6.45) is 0.614. The Kier molecular flexibility index (Phi) is 5.92. The highest BCUT2D eigenvalue weighted by atomic mass is 32.2. The molecule has 2 aromatic carbocycles. The quantitative estimate of drug-likeness (QED) is 0.748. The first-order valence-electron chi connectivity index (χ1n) is 8.87. The molecule has 0 bridgehead atoms. The van der Waals surface area contributed by atoms with Gasteiger partial charge in [0.25, 0.3) is 5.91 Å². The van der Waals surface area contributed by atoms with E-state index in [-0.39, 0.29) is 17.3 Å². The van der Waals surface area contributed by atoms with Gasteiger partial charge in [0, 0.05) is 35.1 Å². The standard InChI is InChI=1S/C20H22F2N2O3S/c1-20(2,3)28(26)24-17-9-10-27-18-13(17)5-4-6-14(18)19(25)23-12-7-8-15(21)16(22)11-12/h4-8,11,17,24H,9-10H2,1-3H3,(H,23,25). The summed E-state index contributed by atoms with van der Waals surface area (Å²) in [5, 5.41) is 2.55. The van der Waals surface area contributed by atoms with Crippen LogP contribution in [0.1, 0.15) is 49.2 Å². The number of amides is 1. The van der Waals surface area contributed by atoms with Gasteiger partial charge in [0.05, 0.1) is 18.2 Å². The number of fused-ring (bicyclic) bond motifs is 1. The van der Waals surface area contributed by atoms with E-state index in [2.05, 4.69) is 10.0 Å². The van der Waals surface area contributed by atoms with Gasteiger partial charge in [-0.15, -0.1) is 4.72 Å². The van der Waals surface area contributed by atoms with Crippen LogP contribution in [0, 0.1) is 11.6 Å². The average Bonchev–Trinajstić information content (AvgIpc) is 2.63. The van der Waals surface area contributed by atoms with Crippen LogP contribution in [-0.4, -0.2) is 21.8 Å². The maximum absolute atomic E-state index is 13.4. The molecule has 5 nitrogen and oxygen atoms in total. The number of benzene rings is 2. The van der Waals surface area contributed by atoms with Crippen LogP contribution in [-0.2, 0) is 11.4 Å². The van der Waals surface area contributed by atoms with Crippen LogP contribution in [0.15, 0.2) is 36.4 Å². The third-order valence-corrected chi connectivity index (χ3v) is 5.91. The number of anilines is 1. The highest BCUT2D eigenvalue weighted by Crippen LogP contribution is 2.36. The molecule has 2 unspecified atom stereocenters. The van der Waals surface area contributed by atoms with Crippen LogP contribution < -0.4 is 14.8 Å². The molecule has 2 atom stereocenters. The zero-order valence-corrected chi connectivity index (χ0v) is 16.7. The van der Waals surface area contributed by atoms with Crippen molar-refractivity contribution < 1.29 is 22.9 Å². The fourth-order valence-corrected chi connectivity index (χ4v) is 3.66. The van der Waals surface area contributed by atoms with Gasteiger partial charge in [-0.05, 0) is 39.0 Å². The van der Waals surface area contributed by atoms with Gasteiger partial charge in [0.2, 0.25) is 0 Å². The number of hydrogen-bond donors (Lipinski definition) is 2. The van der Waals surface area contributed by atoms with Gasteiger partial charge in [-0.25, -0.2) is 8.78 Å². The van der Waals surface area contributed by atoms with Gasteiger partial charge in [-0.1, -0.05) is 12.1 Å². The minimum atomic E-state index is -1.28. The number of halogens is 2. The van der Waals surface area contributed by atoms with Crippen LogP contribution in [0.2, 0.25) is 0 Å². The Morgan fingerprint density at radius 2 is 1.96 bits per heavy atom. The largest absolute Gasteiger partial charge is 0.598 e. The summed E-state index contributed by atoms with van der Waals surface area (Å²) in [6.45, 7) is 5.99. The summed E-state index contributed by atoms with van der Waals surface area (Å²) in [5.41, 5.74) is 1.15. The van der Waals surface area contributed by atoms with Crippen molar-refractivity contribution in [3.63, 3.8) is 0 Å². The maximum atomic E-state index is 13.4. The normalized spacial score (nSPS) is 17.4. The molecule has 8 heteroatoms. The molecule has 0 spiro atoms. The van der Waals surface area contributed by atoms with E-state index in [9.17, 15) is 18.1 Å². The Labute approximate surface area is 165 Å². The lowest BCUT2D eigenvalue weighted by Crippen LogP contribution is -2.42. The summed E-state index contributed by atoms with van der Waals surface area (Å²) in [5.74, 6) is -2.13. The number of ether oxygens (including phenoxy) is 1. The number of carbonyl (C=O) groups is 1. The van der Waals surface area contributed by atoms with E-state index in [1.165, 1.54) is 6.07 Å². The summed E-state index contributed by atoms with van der Waals surface area (Å²) >= 11 is -1.28. The molecule has 3 rings (SSSR count). The monoisotopic (exact) mass is 408 g/mol. The Morgan fingerprint density at radius 3 is 2.64 bits per heavy atom. The number of para-hydroxylation sites is 1. The van der Waals surface area contributed by atoms with Gasteiger partial charge in [-0.2, -0.15) is 0 Å². The molecule has 1 heterocycles. The first-order chi connectivity index (χ1) is 13.2. The SMILES string of the molecule is CC(C)(C)[S+]([O-])NC1CCOc2c(C(=O)Nc3ccc(F)c(F)c3)cccc21. The van der Waals surface area contributed by atoms with E-state index in [1.807, 2.05) is 26.8 Å². The number of carbonyl (C=O) groups excluding carboxylic acids is 1. The molecule has 0 saturated heterocycles. The van der Waals surface area contributed by atoms with Crippen LogP contribution >= 0.6 is 0 Å². The molecule has 0 aromatic heterocycles. The second kappa shape index (κ2) is 8.06. The Balaban J connectivity index is 1.85. The van der Waals surface area contributed by atoms with Crippen LogP contribution in [0.3, 0.4) is 0 Å². The zero-order valence-electron chi connectivity index (χ0n) is 15.8. The number of rotatable bonds is 4. The predicted molar refractivity (Wildman–Crippen MR) is 105 cm³/mol. The third kappa shape index (κ3) is 4.45. The average molecular weight is 408 g/mol. The molecular formula is C20H22F2N2O3S. The van der Waals surface area contributed by atoms with Crippen molar-refractivity contribution in [3.8, 4) is 5.75 Å². The van der Waals surface area contributed by atoms with Crippen molar-refractivity contribution in [2.24, 2.45) is 0 Å². The van der Waals surface area contributed by atoms with Gasteiger partial charge >= 0.3 is 0 Å². The van der Waals surface area contributed by atoms with Gasteiger partial charge in [0.15, 0.2) is 11.6 Å². The topological polar surface area (TPSA) is 73.4 Å². The Bertz CT molecular complexity index is 886. The first-order valence-corrected chi connectivity index (χ1v) is 10.0. The van der Waals surface area contributed by atoms with E-state index < -0.39 is 33.7 Å². The van der Waals surface area contributed by atoms with Crippen molar-refractivity contribution in [2.45, 2.75) is 38.0 Å². The molecule has 1 aliphatic rings. The van der Waals surface area contributed by atoms with Crippen molar-refractivity contribution in [2.75, 3.05) is 11.9 Å². The molecule has 1 aliphatic heterocycles.